The third-order valence-electron chi connectivity index (χ3n) is 4.79. The molecule has 2 aromatic rings. The molecule has 1 amide bonds. The van der Waals surface area contributed by atoms with E-state index in [9.17, 15) is 4.79 Å². The fourth-order valence-electron chi connectivity index (χ4n) is 3.63. The Balaban J connectivity index is 1.45. The Morgan fingerprint density at radius 1 is 1.22 bits per heavy atom. The van der Waals surface area contributed by atoms with Crippen molar-refractivity contribution in [1.29, 1.82) is 0 Å². The quantitative estimate of drug-likeness (QED) is 0.822. The van der Waals surface area contributed by atoms with Gasteiger partial charge in [-0.25, -0.2) is 9.97 Å². The molecule has 0 spiro atoms. The van der Waals surface area contributed by atoms with Crippen molar-refractivity contribution in [2.24, 2.45) is 11.8 Å². The van der Waals surface area contributed by atoms with Crippen molar-refractivity contribution < 1.29 is 4.79 Å². The Bertz CT molecular complexity index is 733. The maximum absolute atomic E-state index is 12.6. The van der Waals surface area contributed by atoms with Gasteiger partial charge in [-0.3, -0.25) is 4.79 Å². The monoisotopic (exact) mass is 330 g/mol. The van der Waals surface area contributed by atoms with Crippen LogP contribution in [-0.4, -0.2) is 56.5 Å². The summed E-state index contributed by atoms with van der Waals surface area (Å²) in [7, 11) is 0. The van der Waals surface area contributed by atoms with Crippen LogP contribution in [0.25, 0.3) is 0 Å². The number of hydrogen-bond donors (Lipinski definition) is 0. The smallest absolute Gasteiger partial charge is 0.267 e. The number of fused-ring (bicyclic) bond motifs is 1. The van der Waals surface area contributed by atoms with E-state index in [2.05, 4.69) is 24.5 Å². The van der Waals surface area contributed by atoms with Crippen molar-refractivity contribution in [3.05, 3.63) is 28.7 Å². The number of likely N-dealkylation sites (tertiary alicyclic amines) is 1. The first-order chi connectivity index (χ1) is 11.1. The highest BCUT2D eigenvalue weighted by Crippen LogP contribution is 2.35. The molecule has 8 heteroatoms. The Kier molecular flexibility index (Phi) is 3.48. The zero-order chi connectivity index (χ0) is 16.0. The van der Waals surface area contributed by atoms with Gasteiger partial charge in [0.25, 0.3) is 5.91 Å². The predicted octanol–water partition coefficient (Wildman–Crippen LogP) is 1.15. The molecule has 7 nitrogen and oxygen atoms in total. The molecule has 2 aliphatic heterocycles. The molecule has 2 aliphatic rings. The molecule has 120 valence electrons. The second-order valence-corrected chi connectivity index (χ2v) is 7.11. The Hall–Kier alpha value is -2.09. The van der Waals surface area contributed by atoms with Crippen LogP contribution < -0.4 is 4.90 Å². The summed E-state index contributed by atoms with van der Waals surface area (Å²) < 4.78 is 3.87. The third-order valence-corrected chi connectivity index (χ3v) is 5.60. The molecule has 2 fully saturated rings. The Morgan fingerprint density at radius 2 is 1.96 bits per heavy atom. The molecule has 2 saturated heterocycles. The number of aryl methyl sites for hydroxylation is 2. The highest BCUT2D eigenvalue weighted by atomic mass is 32.1. The zero-order valence-electron chi connectivity index (χ0n) is 13.1. The van der Waals surface area contributed by atoms with Crippen molar-refractivity contribution in [3.8, 4) is 0 Å². The standard InChI is InChI=1S/C15H18N6OS/c1-9-3-16-8-17-14(9)20-4-11-6-21(7-12(11)5-20)15(22)13-10(2)18-19-23-13/h3,8,11-12H,4-7H2,1-2H3. The van der Waals surface area contributed by atoms with E-state index in [-0.39, 0.29) is 5.91 Å². The second-order valence-electron chi connectivity index (χ2n) is 6.35. The largest absolute Gasteiger partial charge is 0.356 e. The molecule has 0 bridgehead atoms. The van der Waals surface area contributed by atoms with Crippen LogP contribution in [0.1, 0.15) is 20.9 Å². The molecule has 0 saturated carbocycles. The van der Waals surface area contributed by atoms with Crippen molar-refractivity contribution in [1.82, 2.24) is 24.5 Å². The minimum atomic E-state index is 0.0802. The minimum absolute atomic E-state index is 0.0802. The highest BCUT2D eigenvalue weighted by molar-refractivity contribution is 7.07. The van der Waals surface area contributed by atoms with Crippen LogP contribution >= 0.6 is 11.5 Å². The average molecular weight is 330 g/mol. The van der Waals surface area contributed by atoms with Crippen molar-refractivity contribution in [2.45, 2.75) is 13.8 Å². The summed E-state index contributed by atoms with van der Waals surface area (Å²) in [6.45, 7) is 7.40. The molecule has 2 aromatic heterocycles. The molecule has 2 atom stereocenters. The van der Waals surface area contributed by atoms with E-state index >= 15 is 0 Å². The number of carbonyl (C=O) groups excluding carboxylic acids is 1. The summed E-state index contributed by atoms with van der Waals surface area (Å²) in [5, 5.41) is 3.94. The lowest BCUT2D eigenvalue weighted by atomic mass is 10.0. The van der Waals surface area contributed by atoms with E-state index in [1.165, 1.54) is 11.5 Å². The van der Waals surface area contributed by atoms with E-state index in [0.717, 1.165) is 43.3 Å². The molecule has 0 radical (unpaired) electrons. The highest BCUT2D eigenvalue weighted by Gasteiger charge is 2.42. The molecule has 4 heterocycles. The van der Waals surface area contributed by atoms with E-state index < -0.39 is 0 Å². The molecule has 0 aliphatic carbocycles. The zero-order valence-corrected chi connectivity index (χ0v) is 14.0. The second kappa shape index (κ2) is 5.52. The van der Waals surface area contributed by atoms with Gasteiger partial charge < -0.3 is 9.80 Å². The molecule has 23 heavy (non-hydrogen) atoms. The van der Waals surface area contributed by atoms with Gasteiger partial charge in [0.2, 0.25) is 0 Å². The number of hydrogen-bond acceptors (Lipinski definition) is 7. The van der Waals surface area contributed by atoms with Gasteiger partial charge in [0.1, 0.15) is 17.0 Å². The fourth-order valence-corrected chi connectivity index (χ4v) is 4.25. The lowest BCUT2D eigenvalue weighted by Gasteiger charge is -2.23. The lowest BCUT2D eigenvalue weighted by Crippen LogP contribution is -2.33. The summed E-state index contributed by atoms with van der Waals surface area (Å²) in [6.07, 6.45) is 3.46. The van der Waals surface area contributed by atoms with Gasteiger partial charge in [-0.1, -0.05) is 4.49 Å². The number of amides is 1. The van der Waals surface area contributed by atoms with Crippen molar-refractivity contribution in [3.63, 3.8) is 0 Å². The molecule has 2 unspecified atom stereocenters. The van der Waals surface area contributed by atoms with Gasteiger partial charge in [-0.2, -0.15) is 0 Å². The fraction of sp³-hybridized carbons (Fsp3) is 0.533. The minimum Gasteiger partial charge on any atom is -0.356 e. The molecule has 0 N–H and O–H groups in total. The Morgan fingerprint density at radius 3 is 2.57 bits per heavy atom. The van der Waals surface area contributed by atoms with Gasteiger partial charge in [0.15, 0.2) is 0 Å². The summed E-state index contributed by atoms with van der Waals surface area (Å²) in [4.78, 5) is 26.0. The number of anilines is 1. The molecule has 4 rings (SSSR count). The molecule has 0 aromatic carbocycles. The summed E-state index contributed by atoms with van der Waals surface area (Å²) >= 11 is 1.19. The van der Waals surface area contributed by atoms with Crippen LogP contribution in [0, 0.1) is 25.7 Å². The van der Waals surface area contributed by atoms with E-state index in [0.29, 0.717) is 16.7 Å². The predicted molar refractivity (Wildman–Crippen MR) is 86.5 cm³/mol. The van der Waals surface area contributed by atoms with Crippen LogP contribution in [0.15, 0.2) is 12.5 Å². The van der Waals surface area contributed by atoms with Crippen molar-refractivity contribution in [2.75, 3.05) is 31.1 Å². The summed E-state index contributed by atoms with van der Waals surface area (Å²) in [5.74, 6) is 2.12. The van der Waals surface area contributed by atoms with Crippen LogP contribution in [0.3, 0.4) is 0 Å². The number of carbonyl (C=O) groups is 1. The van der Waals surface area contributed by atoms with Crippen LogP contribution in [0.5, 0.6) is 0 Å². The molecular formula is C15H18N6OS. The van der Waals surface area contributed by atoms with E-state index in [1.807, 2.05) is 24.9 Å². The van der Waals surface area contributed by atoms with E-state index in [4.69, 9.17) is 0 Å². The normalized spacial score (nSPS) is 23.4. The van der Waals surface area contributed by atoms with Gasteiger partial charge in [0.05, 0.1) is 5.69 Å². The number of aromatic nitrogens is 4. The average Bonchev–Trinajstić information content (AvgIpc) is 3.21. The first-order valence-electron chi connectivity index (χ1n) is 7.73. The van der Waals surface area contributed by atoms with Crippen molar-refractivity contribution >= 4 is 23.3 Å². The topological polar surface area (TPSA) is 75.1 Å². The van der Waals surface area contributed by atoms with Crippen LogP contribution in [0.4, 0.5) is 5.82 Å². The van der Waals surface area contributed by atoms with Crippen LogP contribution in [0.2, 0.25) is 0 Å². The SMILES string of the molecule is Cc1cncnc1N1CC2CN(C(=O)c3snnc3C)CC2C1. The van der Waals surface area contributed by atoms with Gasteiger partial charge in [-0.15, -0.1) is 5.10 Å². The molecular weight excluding hydrogens is 312 g/mol. The number of nitrogens with zero attached hydrogens (tertiary/aromatic N) is 6. The van der Waals surface area contributed by atoms with Crippen LogP contribution in [-0.2, 0) is 0 Å². The maximum atomic E-state index is 12.6. The summed E-state index contributed by atoms with van der Waals surface area (Å²) in [6, 6.07) is 0. The van der Waals surface area contributed by atoms with Gasteiger partial charge in [0, 0.05) is 49.8 Å². The van der Waals surface area contributed by atoms with Gasteiger partial charge >= 0.3 is 0 Å². The first-order valence-corrected chi connectivity index (χ1v) is 8.50. The van der Waals surface area contributed by atoms with Gasteiger partial charge in [-0.05, 0) is 25.4 Å². The Labute approximate surface area is 138 Å². The summed E-state index contributed by atoms with van der Waals surface area (Å²) in [5.41, 5.74) is 1.84. The first kappa shape index (κ1) is 14.5. The third kappa shape index (κ3) is 2.46. The lowest BCUT2D eigenvalue weighted by molar-refractivity contribution is 0.0786. The maximum Gasteiger partial charge on any atom is 0.267 e. The van der Waals surface area contributed by atoms with E-state index in [1.54, 1.807) is 6.33 Å². The number of rotatable bonds is 2.